The van der Waals surface area contributed by atoms with Crippen LogP contribution in [0.2, 0.25) is 0 Å². The normalized spacial score (nSPS) is 11.0. The molecule has 3 heteroatoms. The highest BCUT2D eigenvalue weighted by Crippen LogP contribution is 2.06. The van der Waals surface area contributed by atoms with E-state index >= 15 is 0 Å². The van der Waals surface area contributed by atoms with E-state index in [1.165, 1.54) is 7.11 Å². The summed E-state index contributed by atoms with van der Waals surface area (Å²) >= 11 is 0. The first kappa shape index (κ1) is 12.2. The van der Waals surface area contributed by atoms with Crippen LogP contribution in [-0.2, 0) is 9.53 Å². The number of carbonyl (C=O) groups excluding carboxylic acids is 1. The zero-order valence-corrected chi connectivity index (χ0v) is 8.88. The lowest BCUT2D eigenvalue weighted by Crippen LogP contribution is -2.51. The summed E-state index contributed by atoms with van der Waals surface area (Å²) in [5.74, 6) is -0.148. The van der Waals surface area contributed by atoms with Gasteiger partial charge in [-0.2, -0.15) is 0 Å². The molecular weight excluding hydrogens is 166 g/mol. The number of nitrogens with zero attached hydrogens (tertiary/aromatic N) is 1. The SMILES string of the molecule is C=CC[N+](CC)(CC)CC(=O)OC. The monoisotopic (exact) mass is 186 g/mol. The first-order valence-corrected chi connectivity index (χ1v) is 4.67. The van der Waals surface area contributed by atoms with Crippen molar-refractivity contribution in [1.29, 1.82) is 0 Å². The van der Waals surface area contributed by atoms with Gasteiger partial charge in [0.15, 0.2) is 6.54 Å². The molecule has 0 radical (unpaired) electrons. The Hall–Kier alpha value is -0.830. The Balaban J connectivity index is 4.36. The largest absolute Gasteiger partial charge is 0.465 e. The molecular formula is C10H20NO2+. The molecule has 0 aliphatic heterocycles. The molecule has 0 saturated heterocycles. The van der Waals surface area contributed by atoms with Gasteiger partial charge in [0.2, 0.25) is 0 Å². The zero-order valence-electron chi connectivity index (χ0n) is 8.88. The van der Waals surface area contributed by atoms with E-state index in [1.54, 1.807) is 0 Å². The number of likely N-dealkylation sites (N-methyl/N-ethyl adjacent to an activating group) is 1. The average Bonchev–Trinajstić information content (AvgIpc) is 2.17. The van der Waals surface area contributed by atoms with Crippen molar-refractivity contribution in [3.05, 3.63) is 12.7 Å². The van der Waals surface area contributed by atoms with Crippen LogP contribution in [0, 0.1) is 0 Å². The van der Waals surface area contributed by atoms with Gasteiger partial charge >= 0.3 is 5.97 Å². The summed E-state index contributed by atoms with van der Waals surface area (Å²) in [6.07, 6.45) is 1.86. The summed E-state index contributed by atoms with van der Waals surface area (Å²) in [7, 11) is 1.43. The molecule has 0 N–H and O–H groups in total. The highest BCUT2D eigenvalue weighted by molar-refractivity contribution is 5.70. The third kappa shape index (κ3) is 3.59. The van der Waals surface area contributed by atoms with Crippen LogP contribution >= 0.6 is 0 Å². The lowest BCUT2D eigenvalue weighted by Gasteiger charge is -2.34. The summed E-state index contributed by atoms with van der Waals surface area (Å²) in [4.78, 5) is 11.1. The Kier molecular flexibility index (Phi) is 5.39. The maximum Gasteiger partial charge on any atom is 0.361 e. The van der Waals surface area contributed by atoms with Crippen LogP contribution in [0.25, 0.3) is 0 Å². The summed E-state index contributed by atoms with van der Waals surface area (Å²) in [6.45, 7) is 11.0. The van der Waals surface area contributed by atoms with E-state index in [-0.39, 0.29) is 5.97 Å². The van der Waals surface area contributed by atoms with Gasteiger partial charge in [0.1, 0.15) is 0 Å². The van der Waals surface area contributed by atoms with Gasteiger partial charge < -0.3 is 9.22 Å². The topological polar surface area (TPSA) is 26.3 Å². The molecule has 0 bridgehead atoms. The number of carbonyl (C=O) groups is 1. The fourth-order valence-electron chi connectivity index (χ4n) is 1.38. The van der Waals surface area contributed by atoms with E-state index in [9.17, 15) is 4.79 Å². The Morgan fingerprint density at radius 1 is 1.46 bits per heavy atom. The summed E-state index contributed by atoms with van der Waals surface area (Å²) in [5.41, 5.74) is 0. The quantitative estimate of drug-likeness (QED) is 0.354. The van der Waals surface area contributed by atoms with Crippen molar-refractivity contribution in [1.82, 2.24) is 0 Å². The van der Waals surface area contributed by atoms with Crippen molar-refractivity contribution in [2.45, 2.75) is 13.8 Å². The highest BCUT2D eigenvalue weighted by atomic mass is 16.5. The number of methoxy groups -OCH3 is 1. The third-order valence-corrected chi connectivity index (χ3v) is 2.55. The van der Waals surface area contributed by atoms with Crippen LogP contribution in [0.4, 0.5) is 0 Å². The minimum absolute atomic E-state index is 0.148. The molecule has 0 heterocycles. The Labute approximate surface area is 80.6 Å². The Morgan fingerprint density at radius 3 is 2.31 bits per heavy atom. The molecule has 0 fully saturated rings. The second-order valence-electron chi connectivity index (χ2n) is 3.18. The van der Waals surface area contributed by atoms with E-state index in [0.717, 1.165) is 24.1 Å². The second-order valence-corrected chi connectivity index (χ2v) is 3.18. The average molecular weight is 186 g/mol. The first-order chi connectivity index (χ1) is 6.14. The zero-order chi connectivity index (χ0) is 10.3. The van der Waals surface area contributed by atoms with Crippen molar-refractivity contribution in [2.24, 2.45) is 0 Å². The van der Waals surface area contributed by atoms with Crippen molar-refractivity contribution in [2.75, 3.05) is 33.3 Å². The molecule has 0 aliphatic rings. The molecule has 0 aromatic rings. The van der Waals surface area contributed by atoms with Crippen LogP contribution in [0.3, 0.4) is 0 Å². The number of ether oxygens (including phenoxy) is 1. The van der Waals surface area contributed by atoms with Gasteiger partial charge in [0.05, 0.1) is 26.7 Å². The van der Waals surface area contributed by atoms with Gasteiger partial charge in [0, 0.05) is 0 Å². The summed E-state index contributed by atoms with van der Waals surface area (Å²) < 4.78 is 5.40. The molecule has 76 valence electrons. The Morgan fingerprint density at radius 2 is 2.00 bits per heavy atom. The summed E-state index contributed by atoms with van der Waals surface area (Å²) in [5, 5.41) is 0. The number of hydrogen-bond donors (Lipinski definition) is 0. The predicted octanol–water partition coefficient (Wildman–Crippen LogP) is 1.20. The van der Waals surface area contributed by atoms with Gasteiger partial charge in [-0.3, -0.25) is 0 Å². The van der Waals surface area contributed by atoms with E-state index in [1.807, 2.05) is 6.08 Å². The van der Waals surface area contributed by atoms with Crippen LogP contribution in [0.1, 0.15) is 13.8 Å². The van der Waals surface area contributed by atoms with E-state index in [0.29, 0.717) is 6.54 Å². The summed E-state index contributed by atoms with van der Waals surface area (Å²) in [6, 6.07) is 0. The molecule has 0 spiro atoms. The maximum absolute atomic E-state index is 11.1. The standard InChI is InChI=1S/C10H20NO2/c1-5-8-11(6-2,7-3)9-10(12)13-4/h5H,1,6-9H2,2-4H3/q+1. The molecule has 13 heavy (non-hydrogen) atoms. The van der Waals surface area contributed by atoms with Crippen LogP contribution < -0.4 is 0 Å². The van der Waals surface area contributed by atoms with Crippen molar-refractivity contribution in [3.63, 3.8) is 0 Å². The van der Waals surface area contributed by atoms with E-state index in [4.69, 9.17) is 0 Å². The molecule has 0 aromatic heterocycles. The Bertz CT molecular complexity index is 174. The van der Waals surface area contributed by atoms with Gasteiger partial charge in [-0.25, -0.2) is 4.79 Å². The lowest BCUT2D eigenvalue weighted by atomic mass is 10.3. The third-order valence-electron chi connectivity index (χ3n) is 2.55. The second kappa shape index (κ2) is 5.75. The molecule has 0 aliphatic carbocycles. The molecule has 3 nitrogen and oxygen atoms in total. The minimum Gasteiger partial charge on any atom is -0.465 e. The van der Waals surface area contributed by atoms with Gasteiger partial charge in [-0.15, -0.1) is 0 Å². The molecule has 0 atom stereocenters. The predicted molar refractivity (Wildman–Crippen MR) is 53.3 cm³/mol. The van der Waals surface area contributed by atoms with Crippen LogP contribution in [0.15, 0.2) is 12.7 Å². The van der Waals surface area contributed by atoms with Gasteiger partial charge in [-0.05, 0) is 19.9 Å². The molecule has 0 unspecified atom stereocenters. The minimum atomic E-state index is -0.148. The fourth-order valence-corrected chi connectivity index (χ4v) is 1.38. The first-order valence-electron chi connectivity index (χ1n) is 4.67. The fraction of sp³-hybridized carbons (Fsp3) is 0.700. The van der Waals surface area contributed by atoms with Crippen molar-refractivity contribution < 1.29 is 14.0 Å². The van der Waals surface area contributed by atoms with Crippen LogP contribution in [0.5, 0.6) is 0 Å². The molecule has 0 amide bonds. The number of hydrogen-bond acceptors (Lipinski definition) is 2. The maximum atomic E-state index is 11.1. The number of rotatable bonds is 6. The lowest BCUT2D eigenvalue weighted by molar-refractivity contribution is -0.912. The van der Waals surface area contributed by atoms with E-state index in [2.05, 4.69) is 25.2 Å². The van der Waals surface area contributed by atoms with Crippen LogP contribution in [-0.4, -0.2) is 43.7 Å². The highest BCUT2D eigenvalue weighted by Gasteiger charge is 2.25. The van der Waals surface area contributed by atoms with Crippen molar-refractivity contribution >= 4 is 5.97 Å². The number of esters is 1. The van der Waals surface area contributed by atoms with Gasteiger partial charge in [0.25, 0.3) is 0 Å². The molecule has 0 rings (SSSR count). The van der Waals surface area contributed by atoms with Crippen molar-refractivity contribution in [3.8, 4) is 0 Å². The smallest absolute Gasteiger partial charge is 0.361 e. The number of quaternary nitrogens is 1. The van der Waals surface area contributed by atoms with E-state index < -0.39 is 0 Å². The van der Waals surface area contributed by atoms with Gasteiger partial charge in [-0.1, -0.05) is 6.58 Å². The molecule has 0 saturated carbocycles. The molecule has 0 aromatic carbocycles.